The summed E-state index contributed by atoms with van der Waals surface area (Å²) in [5.74, 6) is -0.633. The summed E-state index contributed by atoms with van der Waals surface area (Å²) in [6.45, 7) is 0.454. The van der Waals surface area contributed by atoms with Crippen molar-refractivity contribution in [3.8, 4) is 22.8 Å². The van der Waals surface area contributed by atoms with Gasteiger partial charge < -0.3 is 14.2 Å². The van der Waals surface area contributed by atoms with Crippen molar-refractivity contribution in [1.29, 1.82) is 0 Å². The molecule has 174 valence electrons. The van der Waals surface area contributed by atoms with E-state index in [0.29, 0.717) is 30.6 Å². The van der Waals surface area contributed by atoms with Gasteiger partial charge in [-0.3, -0.25) is 4.79 Å². The van der Waals surface area contributed by atoms with Crippen LogP contribution < -0.4 is 4.74 Å². The molecule has 0 bridgehead atoms. The Balaban J connectivity index is 1.44. The Labute approximate surface area is 190 Å². The lowest BCUT2D eigenvalue weighted by Crippen LogP contribution is -2.31. The third-order valence-corrected chi connectivity index (χ3v) is 5.36. The largest absolute Gasteiger partial charge is 0.573 e. The Bertz CT molecular complexity index is 1310. The minimum absolute atomic E-state index is 0.0285. The summed E-state index contributed by atoms with van der Waals surface area (Å²) in [7, 11) is 0. The van der Waals surface area contributed by atoms with Crippen LogP contribution in [0.4, 0.5) is 13.2 Å². The first-order valence-corrected chi connectivity index (χ1v) is 10.4. The van der Waals surface area contributed by atoms with Gasteiger partial charge in [0, 0.05) is 6.54 Å². The van der Waals surface area contributed by atoms with Gasteiger partial charge in [-0.1, -0.05) is 29.4 Å². The van der Waals surface area contributed by atoms with Gasteiger partial charge in [-0.05, 0) is 37.1 Å². The van der Waals surface area contributed by atoms with E-state index in [1.54, 1.807) is 35.2 Å². The Hall–Kier alpha value is -4.22. The molecule has 2 aromatic carbocycles. The minimum Gasteiger partial charge on any atom is -0.405 e. The maximum absolute atomic E-state index is 13.5. The van der Waals surface area contributed by atoms with Crippen LogP contribution in [-0.2, 0) is 0 Å². The number of carbonyl (C=O) groups excluding carboxylic acids is 1. The smallest absolute Gasteiger partial charge is 0.405 e. The van der Waals surface area contributed by atoms with Gasteiger partial charge in [-0.15, -0.1) is 13.2 Å². The van der Waals surface area contributed by atoms with Crippen molar-refractivity contribution in [3.63, 3.8) is 0 Å². The number of rotatable bonds is 5. The number of amides is 1. The quantitative estimate of drug-likeness (QED) is 0.431. The monoisotopic (exact) mass is 470 g/mol. The SMILES string of the molecule is O=C(c1ccccc1-n1nccn1)N1CCC[C@H]1c1nc(-c2ccccc2OC(F)(F)F)no1. The molecule has 0 aliphatic carbocycles. The van der Waals surface area contributed by atoms with E-state index in [1.165, 1.54) is 35.4 Å². The molecular weight excluding hydrogens is 453 g/mol. The second-order valence-corrected chi connectivity index (χ2v) is 7.49. The molecule has 34 heavy (non-hydrogen) atoms. The first-order valence-electron chi connectivity index (χ1n) is 10.4. The fourth-order valence-corrected chi connectivity index (χ4v) is 3.94. The normalized spacial score (nSPS) is 16.1. The van der Waals surface area contributed by atoms with E-state index in [4.69, 9.17) is 4.52 Å². The standard InChI is InChI=1S/C22H17F3N6O3/c23-22(24,25)33-18-10-4-2-7-15(18)19-28-20(34-29-19)17-9-5-13-30(17)21(32)14-6-1-3-8-16(14)31-26-11-12-27-31/h1-4,6-8,10-12,17H,5,9,13H2/t17-/m0/s1. The number of aromatic nitrogens is 5. The lowest BCUT2D eigenvalue weighted by molar-refractivity contribution is -0.274. The predicted octanol–water partition coefficient (Wildman–Crippen LogP) is 4.19. The van der Waals surface area contributed by atoms with Crippen molar-refractivity contribution >= 4 is 5.91 Å². The summed E-state index contributed by atoms with van der Waals surface area (Å²) >= 11 is 0. The van der Waals surface area contributed by atoms with Crippen LogP contribution in [0, 0.1) is 0 Å². The van der Waals surface area contributed by atoms with E-state index in [-0.39, 0.29) is 23.2 Å². The van der Waals surface area contributed by atoms with Gasteiger partial charge >= 0.3 is 6.36 Å². The van der Waals surface area contributed by atoms with Gasteiger partial charge in [-0.2, -0.15) is 20.0 Å². The van der Waals surface area contributed by atoms with Crippen LogP contribution in [0.5, 0.6) is 5.75 Å². The number of nitrogens with zero attached hydrogens (tertiary/aromatic N) is 6. The zero-order valence-electron chi connectivity index (χ0n) is 17.5. The fraction of sp³-hybridized carbons (Fsp3) is 0.227. The van der Waals surface area contributed by atoms with Crippen LogP contribution in [0.25, 0.3) is 17.1 Å². The topological polar surface area (TPSA) is 99.2 Å². The second kappa shape index (κ2) is 8.61. The van der Waals surface area contributed by atoms with E-state index in [9.17, 15) is 18.0 Å². The average Bonchev–Trinajstić information content (AvgIpc) is 3.59. The van der Waals surface area contributed by atoms with Gasteiger partial charge in [0.25, 0.3) is 5.91 Å². The molecule has 0 N–H and O–H groups in total. The fourth-order valence-electron chi connectivity index (χ4n) is 3.94. The number of alkyl halides is 3. The van der Waals surface area contributed by atoms with E-state index in [1.807, 2.05) is 0 Å². The summed E-state index contributed by atoms with van der Waals surface area (Å²) in [5.41, 5.74) is 0.947. The van der Waals surface area contributed by atoms with E-state index >= 15 is 0 Å². The molecule has 12 heteroatoms. The molecule has 0 unspecified atom stereocenters. The predicted molar refractivity (Wildman–Crippen MR) is 111 cm³/mol. The molecule has 0 spiro atoms. The van der Waals surface area contributed by atoms with E-state index in [2.05, 4.69) is 25.1 Å². The molecule has 1 aliphatic rings. The van der Waals surface area contributed by atoms with Crippen molar-refractivity contribution in [2.75, 3.05) is 6.54 Å². The van der Waals surface area contributed by atoms with Crippen molar-refractivity contribution in [1.82, 2.24) is 30.0 Å². The van der Waals surface area contributed by atoms with Gasteiger partial charge in [0.05, 0.1) is 29.2 Å². The summed E-state index contributed by atoms with van der Waals surface area (Å²) in [5, 5.41) is 12.1. The molecule has 9 nitrogen and oxygen atoms in total. The third kappa shape index (κ3) is 4.21. The molecule has 5 rings (SSSR count). The Kier molecular flexibility index (Phi) is 5.48. The Morgan fingerprint density at radius 3 is 2.59 bits per heavy atom. The number of ether oxygens (including phenoxy) is 1. The molecule has 1 saturated heterocycles. The average molecular weight is 470 g/mol. The lowest BCUT2D eigenvalue weighted by Gasteiger charge is -2.22. The number of likely N-dealkylation sites (tertiary alicyclic amines) is 1. The van der Waals surface area contributed by atoms with Crippen molar-refractivity contribution < 1.29 is 27.2 Å². The van der Waals surface area contributed by atoms with Crippen LogP contribution in [-0.4, -0.2) is 48.8 Å². The van der Waals surface area contributed by atoms with Crippen molar-refractivity contribution in [3.05, 3.63) is 72.4 Å². The first-order chi connectivity index (χ1) is 16.4. The van der Waals surface area contributed by atoms with E-state index in [0.717, 1.165) is 0 Å². The molecule has 3 heterocycles. The number of hydrogen-bond acceptors (Lipinski definition) is 7. The van der Waals surface area contributed by atoms with Gasteiger partial charge in [0.2, 0.25) is 11.7 Å². The molecule has 0 saturated carbocycles. The molecule has 4 aromatic rings. The zero-order chi connectivity index (χ0) is 23.7. The summed E-state index contributed by atoms with van der Waals surface area (Å²) < 4.78 is 47.8. The number of hydrogen-bond donors (Lipinski definition) is 0. The van der Waals surface area contributed by atoms with Crippen LogP contribution in [0.2, 0.25) is 0 Å². The zero-order valence-corrected chi connectivity index (χ0v) is 17.5. The van der Waals surface area contributed by atoms with Crippen LogP contribution in [0.3, 0.4) is 0 Å². The van der Waals surface area contributed by atoms with Crippen molar-refractivity contribution in [2.24, 2.45) is 0 Å². The van der Waals surface area contributed by atoms with Crippen LogP contribution >= 0.6 is 0 Å². The van der Waals surface area contributed by atoms with Crippen molar-refractivity contribution in [2.45, 2.75) is 25.2 Å². The molecule has 2 aromatic heterocycles. The number of para-hydroxylation sites is 2. The molecule has 1 fully saturated rings. The van der Waals surface area contributed by atoms with Gasteiger partial charge in [0.1, 0.15) is 11.8 Å². The van der Waals surface area contributed by atoms with Crippen LogP contribution in [0.1, 0.15) is 35.1 Å². The Morgan fingerprint density at radius 1 is 1.06 bits per heavy atom. The molecular formula is C22H17F3N6O3. The summed E-state index contributed by atoms with van der Waals surface area (Å²) in [4.78, 5) is 20.7. The summed E-state index contributed by atoms with van der Waals surface area (Å²) in [6.07, 6.45) is -0.574. The highest BCUT2D eigenvalue weighted by Crippen LogP contribution is 2.36. The molecule has 1 aliphatic heterocycles. The molecule has 1 atom stereocenters. The maximum atomic E-state index is 13.5. The van der Waals surface area contributed by atoms with E-state index < -0.39 is 18.2 Å². The summed E-state index contributed by atoms with van der Waals surface area (Å²) in [6, 6.07) is 11.9. The maximum Gasteiger partial charge on any atom is 0.573 e. The second-order valence-electron chi connectivity index (χ2n) is 7.49. The minimum atomic E-state index is -4.87. The highest BCUT2D eigenvalue weighted by molar-refractivity contribution is 5.98. The molecule has 0 radical (unpaired) electrons. The number of benzene rings is 2. The Morgan fingerprint density at radius 2 is 1.79 bits per heavy atom. The number of carbonyl (C=O) groups is 1. The highest BCUT2D eigenvalue weighted by Gasteiger charge is 2.36. The van der Waals surface area contributed by atoms with Crippen LogP contribution in [0.15, 0.2) is 65.4 Å². The van der Waals surface area contributed by atoms with Gasteiger partial charge in [0.15, 0.2) is 0 Å². The number of halogens is 3. The van der Waals surface area contributed by atoms with Gasteiger partial charge in [-0.25, -0.2) is 0 Å². The highest BCUT2D eigenvalue weighted by atomic mass is 19.4. The lowest BCUT2D eigenvalue weighted by atomic mass is 10.1. The first kappa shape index (κ1) is 21.6. The molecule has 1 amide bonds. The third-order valence-electron chi connectivity index (χ3n) is 5.36.